The first-order valence-electron chi connectivity index (χ1n) is 36.5. The maximum Gasteiger partial charge on any atom is 0.534 e. The van der Waals surface area contributed by atoms with Gasteiger partial charge in [-0.05, 0) is 208 Å². The Labute approximate surface area is 624 Å². The van der Waals surface area contributed by atoms with Crippen LogP contribution in [0.2, 0.25) is 0 Å². The third-order valence-corrected chi connectivity index (χ3v) is 24.3. The fourth-order valence-electron chi connectivity index (χ4n) is 14.7. The number of ether oxygens (including phenoxy) is 6. The predicted octanol–water partition coefficient (Wildman–Crippen LogP) is 11.2. The van der Waals surface area contributed by atoms with E-state index >= 15 is 0 Å². The Morgan fingerprint density at radius 1 is 0.449 bits per heavy atom. The van der Waals surface area contributed by atoms with Gasteiger partial charge >= 0.3 is 36.4 Å². The molecule has 6 atom stereocenters. The van der Waals surface area contributed by atoms with Gasteiger partial charge in [-0.3, -0.25) is 14.4 Å². The Morgan fingerprint density at radius 2 is 0.757 bits per heavy atom. The fraction of sp³-hybridized carbons (Fsp3) is 0.539. The van der Waals surface area contributed by atoms with Gasteiger partial charge in [0, 0.05) is 122 Å². The summed E-state index contributed by atoms with van der Waals surface area (Å²) in [6.07, 6.45) is 28.6. The van der Waals surface area contributed by atoms with Crippen molar-refractivity contribution in [1.82, 2.24) is 50.1 Å². The summed E-state index contributed by atoms with van der Waals surface area (Å²) in [5.41, 5.74) is 3.75. The monoisotopic (exact) mass is 1530 g/mol. The zero-order valence-electron chi connectivity index (χ0n) is 61.5. The largest absolute Gasteiger partial charge is 0.534 e. The molecule has 574 valence electrons. The number of rotatable bonds is 18. The number of nitrogens with one attached hydrogen (secondary N) is 1. The van der Waals surface area contributed by atoms with E-state index in [0.717, 1.165) is 110 Å². The molecule has 3 aromatic carbocycles. The maximum atomic E-state index is 12.6. The number of sulfone groups is 3. The molecule has 2 aliphatic carbocycles. The summed E-state index contributed by atoms with van der Waals surface area (Å²) in [6.45, 7) is 11.1. The lowest BCUT2D eigenvalue weighted by atomic mass is 9.92. The minimum Gasteiger partial charge on any atom is -0.463 e. The molecule has 7 aliphatic heterocycles. The van der Waals surface area contributed by atoms with Crippen molar-refractivity contribution in [2.24, 2.45) is 17.8 Å². The van der Waals surface area contributed by atoms with Gasteiger partial charge in [0.05, 0.1) is 34.5 Å². The Bertz CT molecular complexity index is 4300. The molecule has 10 heterocycles. The summed E-state index contributed by atoms with van der Waals surface area (Å²) in [5, 5.41) is 4.11. The number of hydroxylamine groups is 2. The molecule has 9 aliphatic rings. The Morgan fingerprint density at radius 3 is 1.07 bits per heavy atom. The van der Waals surface area contributed by atoms with Gasteiger partial charge < -0.3 is 43.5 Å². The zero-order valence-corrected chi connectivity index (χ0v) is 64.0. The van der Waals surface area contributed by atoms with E-state index < -0.39 is 58.7 Å². The van der Waals surface area contributed by atoms with Crippen molar-refractivity contribution in [1.29, 1.82) is 0 Å². The first kappa shape index (κ1) is 77.7. The van der Waals surface area contributed by atoms with E-state index in [0.29, 0.717) is 77.6 Å². The smallest absolute Gasteiger partial charge is 0.463 e. The number of amides is 4. The van der Waals surface area contributed by atoms with Crippen LogP contribution in [0.5, 0.6) is 18.0 Å². The quantitative estimate of drug-likeness (QED) is 0.0474. The van der Waals surface area contributed by atoms with E-state index in [-0.39, 0.29) is 64.6 Å². The fourth-order valence-corrected chi connectivity index (χ4v) is 16.6. The number of aromatic nitrogens is 6. The molecule has 28 nitrogen and oxygen atoms in total. The van der Waals surface area contributed by atoms with Crippen molar-refractivity contribution in [3.63, 3.8) is 0 Å². The standard InChI is InChI=1S/C24H29N3O5S.C24H31N3O5S.C19H23N3O3S.C9H11NO5/c1-24(9-10-24)32-23(28)27-19-5-6-20(27)12-16(11-19)15-31-22-25-13-18(14-26-22)17-3-7-21(8-4-17)33(2,29)30;1-24(2,3)32-23(28)27-19-7-8-20(27)12-16(11-19)15-31-22-25-13-18(14-26-22)17-5-9-21(10-6-17)33(4,29)30;1-26(23,24)18-6-2-14(3-7-18)15-10-20-19(21-11-15)25-12-13-8-16-4-5-17(9-13)22-16;1-9(4-5-9)14-8(13)15-10-6(11)2-3-7(10)12/h3-4,7-8,13-14,16,19-20H,5-6,9-12,15H2,1-2H3;5-6,9-10,13-14,16,19-20H,7-8,11-12,15H2,1-4H3;2-3,6-7,10-11,13,16-17,22H,4-5,8-9,12H2,1H3;2-5H2,1H3. The van der Waals surface area contributed by atoms with E-state index in [2.05, 4.69) is 40.1 Å². The maximum absolute atomic E-state index is 12.6. The van der Waals surface area contributed by atoms with Gasteiger partial charge in [-0.25, -0.2) is 69.5 Å². The summed E-state index contributed by atoms with van der Waals surface area (Å²) in [5.74, 6) is 0.263. The van der Waals surface area contributed by atoms with E-state index in [9.17, 15) is 49.2 Å². The molecule has 1 N–H and O–H groups in total. The van der Waals surface area contributed by atoms with E-state index in [1.165, 1.54) is 44.5 Å². The molecule has 6 aromatic rings. The third-order valence-electron chi connectivity index (χ3n) is 20.9. The van der Waals surface area contributed by atoms with Crippen LogP contribution < -0.4 is 19.5 Å². The number of nitrogens with zero attached hydrogens (tertiary/aromatic N) is 9. The highest BCUT2D eigenvalue weighted by atomic mass is 32.2. The molecule has 107 heavy (non-hydrogen) atoms. The molecule has 0 radical (unpaired) electrons. The van der Waals surface area contributed by atoms with E-state index in [4.69, 9.17) is 28.4 Å². The van der Waals surface area contributed by atoms with E-state index in [1.54, 1.807) is 117 Å². The summed E-state index contributed by atoms with van der Waals surface area (Å²) < 4.78 is 103. The summed E-state index contributed by atoms with van der Waals surface area (Å²) in [7, 11) is -9.64. The molecular formula is C76H94N10O18S3. The second-order valence-corrected chi connectivity index (χ2v) is 37.1. The van der Waals surface area contributed by atoms with Crippen molar-refractivity contribution in [2.45, 2.75) is 218 Å². The molecule has 31 heteroatoms. The molecule has 9 fully saturated rings. The SMILES string of the molecule is CC(C)(C)OC(=O)N1C2CCC1CC(COc1ncc(-c3ccc(S(C)(=O)=O)cc3)cn1)C2.CC1(OC(=O)N2C3CCC2CC(COc2ncc(-c4ccc(S(C)(=O)=O)cc4)cn2)C3)CC1.CC1(OC(=O)ON2C(=O)CCC2=O)CC1.CS(=O)(=O)c1ccc(-c2cnc(OCC3CC4CCC(C3)N4)nc2)cc1. The third kappa shape index (κ3) is 20.9. The van der Waals surface area contributed by atoms with Crippen LogP contribution in [0.15, 0.2) is 125 Å². The molecule has 2 saturated carbocycles. The number of carbonyl (C=O) groups is 5. The first-order chi connectivity index (χ1) is 50.7. The normalized spacial score (nSPS) is 24.2. The van der Waals surface area contributed by atoms with Gasteiger partial charge in [0.1, 0.15) is 16.8 Å². The predicted molar refractivity (Wildman–Crippen MR) is 390 cm³/mol. The molecule has 7 saturated heterocycles. The van der Waals surface area contributed by atoms with Gasteiger partial charge in [0.25, 0.3) is 11.8 Å². The van der Waals surface area contributed by atoms with Crippen molar-refractivity contribution in [2.75, 3.05) is 38.6 Å². The second kappa shape index (κ2) is 32.1. The Kier molecular flexibility index (Phi) is 23.3. The zero-order chi connectivity index (χ0) is 76.2. The van der Waals surface area contributed by atoms with Gasteiger partial charge in [0.2, 0.25) is 0 Å². The van der Waals surface area contributed by atoms with Crippen LogP contribution in [0.25, 0.3) is 33.4 Å². The van der Waals surface area contributed by atoms with Gasteiger partial charge in [-0.2, -0.15) is 0 Å². The van der Waals surface area contributed by atoms with Gasteiger partial charge in [-0.1, -0.05) is 41.5 Å². The van der Waals surface area contributed by atoms with Crippen molar-refractivity contribution < 1.29 is 82.5 Å². The summed E-state index contributed by atoms with van der Waals surface area (Å²) in [6, 6.07) is 23.2. The van der Waals surface area contributed by atoms with Crippen LogP contribution in [0.4, 0.5) is 14.4 Å². The van der Waals surface area contributed by atoms with Crippen LogP contribution in [-0.2, 0) is 58.1 Å². The number of piperidine rings is 3. The average Bonchev–Trinajstić information content (AvgIpc) is 1.65. The first-order valence-corrected chi connectivity index (χ1v) is 42.2. The van der Waals surface area contributed by atoms with Crippen LogP contribution in [-0.4, -0.2) is 192 Å². The molecule has 15 rings (SSSR count). The van der Waals surface area contributed by atoms with Crippen LogP contribution >= 0.6 is 0 Å². The molecule has 6 bridgehead atoms. The average molecular weight is 1530 g/mol. The molecule has 6 unspecified atom stereocenters. The van der Waals surface area contributed by atoms with Crippen LogP contribution in [0.1, 0.15) is 150 Å². The number of fused-ring (bicyclic) bond motifs is 6. The van der Waals surface area contributed by atoms with Crippen LogP contribution in [0, 0.1) is 17.8 Å². The second-order valence-electron chi connectivity index (χ2n) is 31.1. The number of imide groups is 1. The number of benzene rings is 3. The summed E-state index contributed by atoms with van der Waals surface area (Å²) >= 11 is 0. The molecule has 3 aromatic heterocycles. The van der Waals surface area contributed by atoms with Crippen molar-refractivity contribution in [3.05, 3.63) is 110 Å². The Balaban J connectivity index is 0.000000138. The highest BCUT2D eigenvalue weighted by molar-refractivity contribution is 7.91. The lowest BCUT2D eigenvalue weighted by Crippen LogP contribution is -2.49. The van der Waals surface area contributed by atoms with Crippen molar-refractivity contribution >= 4 is 59.7 Å². The molecule has 4 amide bonds. The topological polar surface area (TPSA) is 351 Å². The Hall–Kier alpha value is -8.94. The van der Waals surface area contributed by atoms with Crippen LogP contribution in [0.3, 0.4) is 0 Å². The number of carbonyl (C=O) groups excluding carboxylic acids is 5. The summed E-state index contributed by atoms with van der Waals surface area (Å²) in [4.78, 5) is 93.7. The molecular weight excluding hydrogens is 1440 g/mol. The van der Waals surface area contributed by atoms with E-state index in [1.807, 2.05) is 37.5 Å². The number of hydrogen-bond acceptors (Lipinski definition) is 25. The lowest BCUT2D eigenvalue weighted by Gasteiger charge is -2.39. The number of hydrogen-bond donors (Lipinski definition) is 1. The van der Waals surface area contributed by atoms with Gasteiger partial charge in [-0.15, -0.1) is 0 Å². The minimum atomic E-state index is -3.23. The van der Waals surface area contributed by atoms with Gasteiger partial charge in [0.15, 0.2) is 29.5 Å². The lowest BCUT2D eigenvalue weighted by molar-refractivity contribution is -0.179. The van der Waals surface area contributed by atoms with Crippen molar-refractivity contribution in [3.8, 4) is 51.4 Å². The highest BCUT2D eigenvalue weighted by Crippen LogP contribution is 2.45. The highest BCUT2D eigenvalue weighted by Gasteiger charge is 2.50. The minimum absolute atomic E-state index is 0.0867. The molecule has 0 spiro atoms.